The molecule has 2 N–H and O–H groups in total. The number of hydrogen-bond acceptors (Lipinski definition) is 5. The fourth-order valence-electron chi connectivity index (χ4n) is 3.83. The van der Waals surface area contributed by atoms with Gasteiger partial charge in [-0.2, -0.15) is 5.10 Å². The van der Waals surface area contributed by atoms with Crippen molar-refractivity contribution in [2.75, 3.05) is 6.61 Å². The minimum atomic E-state index is -1.93. The number of aliphatic hydroxyl groups is 1. The predicted octanol–water partition coefficient (Wildman–Crippen LogP) is 6.47. The van der Waals surface area contributed by atoms with Crippen LogP contribution in [0.2, 0.25) is 5.02 Å². The van der Waals surface area contributed by atoms with Crippen molar-refractivity contribution < 1.29 is 19.4 Å². The Balaban J connectivity index is 1.55. The molecule has 0 fully saturated rings. The van der Waals surface area contributed by atoms with E-state index in [1.165, 1.54) is 6.21 Å². The molecule has 0 aliphatic rings. The standard InChI is InChI=1S/C30H26BrClN2O4/c1-2-37-27-17-22(25(31)18-28(27)38-20-21-11-9-10-16-26(21)32)19-33-34-29(35)30(36,23-12-5-3-6-13-23)24-14-7-4-8-15-24/h3-19,36H,2,20H2,1H3,(H,34,35)/b33-19-. The molecule has 0 atom stereocenters. The summed E-state index contributed by atoms with van der Waals surface area (Å²) in [5, 5.41) is 16.3. The van der Waals surface area contributed by atoms with Crippen molar-refractivity contribution in [2.24, 2.45) is 5.10 Å². The quantitative estimate of drug-likeness (QED) is 0.163. The highest BCUT2D eigenvalue weighted by Crippen LogP contribution is 2.34. The van der Waals surface area contributed by atoms with Gasteiger partial charge in [-0.05, 0) is 52.2 Å². The van der Waals surface area contributed by atoms with Gasteiger partial charge in [-0.1, -0.05) is 90.5 Å². The molecule has 0 aliphatic heterocycles. The molecule has 0 radical (unpaired) electrons. The molecule has 4 rings (SSSR count). The molecule has 194 valence electrons. The van der Waals surface area contributed by atoms with Crippen LogP contribution in [-0.2, 0) is 17.0 Å². The lowest BCUT2D eigenvalue weighted by Gasteiger charge is -2.27. The highest BCUT2D eigenvalue weighted by Gasteiger charge is 2.39. The van der Waals surface area contributed by atoms with Crippen LogP contribution in [0.15, 0.2) is 107 Å². The maximum absolute atomic E-state index is 13.3. The Morgan fingerprint density at radius 2 is 1.53 bits per heavy atom. The van der Waals surface area contributed by atoms with Crippen LogP contribution in [0.3, 0.4) is 0 Å². The zero-order chi connectivity index (χ0) is 27.0. The van der Waals surface area contributed by atoms with Gasteiger partial charge in [-0.15, -0.1) is 0 Å². The third kappa shape index (κ3) is 6.25. The molecule has 1 amide bonds. The van der Waals surface area contributed by atoms with Crippen LogP contribution in [0.25, 0.3) is 0 Å². The summed E-state index contributed by atoms with van der Waals surface area (Å²) in [5.41, 5.74) is 2.91. The van der Waals surface area contributed by atoms with Crippen molar-refractivity contribution in [3.05, 3.63) is 129 Å². The van der Waals surface area contributed by atoms with Crippen LogP contribution >= 0.6 is 27.5 Å². The Kier molecular flexibility index (Phi) is 9.18. The minimum absolute atomic E-state index is 0.271. The van der Waals surface area contributed by atoms with Crippen molar-refractivity contribution in [1.82, 2.24) is 5.43 Å². The molecule has 0 heterocycles. The highest BCUT2D eigenvalue weighted by molar-refractivity contribution is 9.10. The Bertz CT molecular complexity index is 1380. The number of ether oxygens (including phenoxy) is 2. The van der Waals surface area contributed by atoms with Gasteiger partial charge in [0, 0.05) is 20.6 Å². The number of halogens is 2. The van der Waals surface area contributed by atoms with Gasteiger partial charge in [0.15, 0.2) is 17.1 Å². The molecule has 0 aliphatic carbocycles. The second kappa shape index (κ2) is 12.7. The maximum atomic E-state index is 13.3. The van der Waals surface area contributed by atoms with Crippen molar-refractivity contribution in [3.8, 4) is 11.5 Å². The fourth-order valence-corrected chi connectivity index (χ4v) is 4.45. The van der Waals surface area contributed by atoms with E-state index in [1.54, 1.807) is 60.7 Å². The van der Waals surface area contributed by atoms with Crippen molar-refractivity contribution in [2.45, 2.75) is 19.1 Å². The first-order chi connectivity index (χ1) is 18.4. The number of carbonyl (C=O) groups excluding carboxylic acids is 1. The average Bonchev–Trinajstić information content (AvgIpc) is 2.95. The van der Waals surface area contributed by atoms with E-state index in [0.717, 1.165) is 5.56 Å². The van der Waals surface area contributed by atoms with Gasteiger partial charge in [0.05, 0.1) is 12.8 Å². The van der Waals surface area contributed by atoms with Crippen molar-refractivity contribution >= 4 is 39.7 Å². The monoisotopic (exact) mass is 592 g/mol. The third-order valence-corrected chi connectivity index (χ3v) is 6.84. The molecule has 0 saturated carbocycles. The molecular formula is C30H26BrClN2O4. The van der Waals surface area contributed by atoms with Crippen LogP contribution in [0.4, 0.5) is 0 Å². The number of amides is 1. The predicted molar refractivity (Wildman–Crippen MR) is 153 cm³/mol. The van der Waals surface area contributed by atoms with E-state index in [1.807, 2.05) is 43.3 Å². The summed E-state index contributed by atoms with van der Waals surface area (Å²) < 4.78 is 12.4. The van der Waals surface area contributed by atoms with E-state index in [2.05, 4.69) is 26.5 Å². The number of benzene rings is 4. The third-order valence-electron chi connectivity index (χ3n) is 5.79. The van der Waals surface area contributed by atoms with Crippen LogP contribution < -0.4 is 14.9 Å². The Morgan fingerprint density at radius 1 is 0.947 bits per heavy atom. The Morgan fingerprint density at radius 3 is 2.13 bits per heavy atom. The second-order valence-electron chi connectivity index (χ2n) is 8.28. The first-order valence-corrected chi connectivity index (χ1v) is 13.1. The lowest BCUT2D eigenvalue weighted by molar-refractivity contribution is -0.136. The molecule has 38 heavy (non-hydrogen) atoms. The van der Waals surface area contributed by atoms with Crippen molar-refractivity contribution in [3.63, 3.8) is 0 Å². The fraction of sp³-hybridized carbons (Fsp3) is 0.133. The van der Waals surface area contributed by atoms with Crippen LogP contribution in [0.1, 0.15) is 29.2 Å². The summed E-state index contributed by atoms with van der Waals surface area (Å²) in [6, 6.07) is 28.5. The van der Waals surface area contributed by atoms with Crippen LogP contribution in [0.5, 0.6) is 11.5 Å². The Labute approximate surface area is 235 Å². The summed E-state index contributed by atoms with van der Waals surface area (Å²) in [5.74, 6) is 0.356. The van der Waals surface area contributed by atoms with Crippen molar-refractivity contribution in [1.29, 1.82) is 0 Å². The zero-order valence-electron chi connectivity index (χ0n) is 20.6. The molecule has 0 aromatic heterocycles. The number of carbonyl (C=O) groups is 1. The van der Waals surface area contributed by atoms with E-state index in [-0.39, 0.29) is 6.61 Å². The molecule has 0 unspecified atom stereocenters. The number of hydrazone groups is 1. The molecule has 0 spiro atoms. The molecule has 0 saturated heterocycles. The van der Waals surface area contributed by atoms with Crippen LogP contribution in [-0.4, -0.2) is 23.8 Å². The number of rotatable bonds is 10. The highest BCUT2D eigenvalue weighted by atomic mass is 79.9. The maximum Gasteiger partial charge on any atom is 0.281 e. The lowest BCUT2D eigenvalue weighted by atomic mass is 9.85. The molecular weight excluding hydrogens is 568 g/mol. The van der Waals surface area contributed by atoms with E-state index in [4.69, 9.17) is 21.1 Å². The van der Waals surface area contributed by atoms with E-state index in [0.29, 0.717) is 44.3 Å². The van der Waals surface area contributed by atoms with Gasteiger partial charge in [0.25, 0.3) is 5.91 Å². The summed E-state index contributed by atoms with van der Waals surface area (Å²) in [6.45, 7) is 2.58. The lowest BCUT2D eigenvalue weighted by Crippen LogP contribution is -2.43. The summed E-state index contributed by atoms with van der Waals surface area (Å²) in [7, 11) is 0. The second-order valence-corrected chi connectivity index (χ2v) is 9.54. The van der Waals surface area contributed by atoms with Gasteiger partial charge < -0.3 is 14.6 Å². The number of nitrogens with one attached hydrogen (secondary N) is 1. The van der Waals surface area contributed by atoms with Gasteiger partial charge in [0.1, 0.15) is 6.61 Å². The molecule has 4 aromatic carbocycles. The summed E-state index contributed by atoms with van der Waals surface area (Å²) >= 11 is 9.79. The SMILES string of the molecule is CCOc1cc(/C=N\NC(=O)C(O)(c2ccccc2)c2ccccc2)c(Br)cc1OCc1ccccc1Cl. The van der Waals surface area contributed by atoms with Gasteiger partial charge in [0.2, 0.25) is 0 Å². The van der Waals surface area contributed by atoms with E-state index >= 15 is 0 Å². The average molecular weight is 594 g/mol. The van der Waals surface area contributed by atoms with E-state index < -0.39 is 11.5 Å². The molecule has 0 bridgehead atoms. The normalized spacial score (nSPS) is 11.4. The first kappa shape index (κ1) is 27.4. The topological polar surface area (TPSA) is 80.2 Å². The minimum Gasteiger partial charge on any atom is -0.490 e. The molecule has 4 aromatic rings. The molecule has 6 nitrogen and oxygen atoms in total. The first-order valence-electron chi connectivity index (χ1n) is 11.9. The molecule has 8 heteroatoms. The number of hydrogen-bond donors (Lipinski definition) is 2. The Hall–Kier alpha value is -3.65. The smallest absolute Gasteiger partial charge is 0.281 e. The van der Waals surface area contributed by atoms with Gasteiger partial charge in [-0.25, -0.2) is 5.43 Å². The largest absolute Gasteiger partial charge is 0.490 e. The van der Waals surface area contributed by atoms with Gasteiger partial charge >= 0.3 is 0 Å². The zero-order valence-corrected chi connectivity index (χ0v) is 22.9. The van der Waals surface area contributed by atoms with Crippen LogP contribution in [0, 0.1) is 0 Å². The summed E-state index contributed by atoms with van der Waals surface area (Å²) in [6.07, 6.45) is 1.47. The van der Waals surface area contributed by atoms with Gasteiger partial charge in [-0.3, -0.25) is 4.79 Å². The number of nitrogens with zero attached hydrogens (tertiary/aromatic N) is 1. The van der Waals surface area contributed by atoms with E-state index in [9.17, 15) is 9.90 Å². The summed E-state index contributed by atoms with van der Waals surface area (Å²) in [4.78, 5) is 13.3.